The van der Waals surface area contributed by atoms with E-state index in [1.54, 1.807) is 0 Å². The van der Waals surface area contributed by atoms with Gasteiger partial charge in [0.15, 0.2) is 0 Å². The molecule has 102 valence electrons. The van der Waals surface area contributed by atoms with Gasteiger partial charge in [-0.05, 0) is 37.3 Å². The number of nitrogens with one attached hydrogen (secondary N) is 2. The Bertz CT molecular complexity index is 473. The fourth-order valence-corrected chi connectivity index (χ4v) is 2.36. The van der Waals surface area contributed by atoms with Crippen molar-refractivity contribution in [2.75, 3.05) is 5.32 Å². The number of hydrogen-bond acceptors (Lipinski definition) is 3. The number of hydrogen-bond donors (Lipinski definition) is 2. The Morgan fingerprint density at radius 2 is 2.00 bits per heavy atom. The Labute approximate surface area is 111 Å². The first-order chi connectivity index (χ1) is 9.04. The van der Waals surface area contributed by atoms with Crippen molar-refractivity contribution in [3.8, 4) is 0 Å². The van der Waals surface area contributed by atoms with E-state index >= 15 is 0 Å². The molecule has 0 heterocycles. The van der Waals surface area contributed by atoms with Crippen LogP contribution in [0.5, 0.6) is 0 Å². The molecule has 1 aliphatic carbocycles. The summed E-state index contributed by atoms with van der Waals surface area (Å²) in [5.41, 5.74) is 0.560. The minimum absolute atomic E-state index is 0.00979. The van der Waals surface area contributed by atoms with Crippen LogP contribution >= 0.6 is 0 Å². The maximum absolute atomic E-state index is 11.7. The van der Waals surface area contributed by atoms with Crippen LogP contribution in [0, 0.1) is 16.0 Å². The predicted molar refractivity (Wildman–Crippen MR) is 72.1 cm³/mol. The van der Waals surface area contributed by atoms with Crippen molar-refractivity contribution in [2.45, 2.75) is 32.2 Å². The zero-order chi connectivity index (χ0) is 13.8. The van der Waals surface area contributed by atoms with Gasteiger partial charge in [-0.25, -0.2) is 4.79 Å². The standard InChI is InChI=1S/C13H17N3O3/c1-9-2-3-11(8-9)15-13(17)14-10-4-6-12(7-5-10)16(18)19/h4-7,9,11H,2-3,8H2,1H3,(H2,14,15,17). The minimum atomic E-state index is -0.468. The van der Waals surface area contributed by atoms with Gasteiger partial charge in [0.2, 0.25) is 0 Å². The zero-order valence-electron chi connectivity index (χ0n) is 10.8. The van der Waals surface area contributed by atoms with Crippen LogP contribution in [0.15, 0.2) is 24.3 Å². The molecule has 6 nitrogen and oxygen atoms in total. The van der Waals surface area contributed by atoms with E-state index in [1.165, 1.54) is 24.3 Å². The highest BCUT2D eigenvalue weighted by Crippen LogP contribution is 2.24. The normalized spacial score (nSPS) is 21.9. The van der Waals surface area contributed by atoms with Gasteiger partial charge in [0.05, 0.1) is 4.92 Å². The molecule has 2 N–H and O–H groups in total. The Kier molecular flexibility index (Phi) is 3.99. The molecule has 1 aromatic carbocycles. The summed E-state index contributed by atoms with van der Waals surface area (Å²) in [6, 6.07) is 5.76. The molecule has 0 radical (unpaired) electrons. The third-order valence-corrected chi connectivity index (χ3v) is 3.37. The lowest BCUT2D eigenvalue weighted by atomic mass is 10.1. The largest absolute Gasteiger partial charge is 0.335 e. The lowest BCUT2D eigenvalue weighted by molar-refractivity contribution is -0.384. The van der Waals surface area contributed by atoms with Crippen LogP contribution in [0.1, 0.15) is 26.2 Å². The first kappa shape index (κ1) is 13.3. The quantitative estimate of drug-likeness (QED) is 0.649. The number of nitro benzene ring substituents is 1. The van der Waals surface area contributed by atoms with Crippen molar-refractivity contribution in [1.29, 1.82) is 0 Å². The van der Waals surface area contributed by atoms with Crippen molar-refractivity contribution >= 4 is 17.4 Å². The fraction of sp³-hybridized carbons (Fsp3) is 0.462. The van der Waals surface area contributed by atoms with Crippen LogP contribution in [-0.4, -0.2) is 17.0 Å². The van der Waals surface area contributed by atoms with Gasteiger partial charge >= 0.3 is 6.03 Å². The first-order valence-corrected chi connectivity index (χ1v) is 6.36. The van der Waals surface area contributed by atoms with Crippen molar-refractivity contribution in [1.82, 2.24) is 5.32 Å². The maximum Gasteiger partial charge on any atom is 0.319 e. The average molecular weight is 263 g/mol. The lowest BCUT2D eigenvalue weighted by Gasteiger charge is -2.13. The van der Waals surface area contributed by atoms with Crippen LogP contribution in [0.3, 0.4) is 0 Å². The molecule has 19 heavy (non-hydrogen) atoms. The van der Waals surface area contributed by atoms with Crippen molar-refractivity contribution in [3.05, 3.63) is 34.4 Å². The van der Waals surface area contributed by atoms with Gasteiger partial charge in [-0.3, -0.25) is 10.1 Å². The van der Waals surface area contributed by atoms with Gasteiger partial charge in [-0.1, -0.05) is 6.92 Å². The number of urea groups is 1. The summed E-state index contributed by atoms with van der Waals surface area (Å²) in [6.45, 7) is 2.18. The number of non-ortho nitro benzene ring substituents is 1. The second-order valence-electron chi connectivity index (χ2n) is 5.02. The van der Waals surface area contributed by atoms with Gasteiger partial charge in [0, 0.05) is 23.9 Å². The Morgan fingerprint density at radius 1 is 1.32 bits per heavy atom. The second kappa shape index (κ2) is 5.69. The highest BCUT2D eigenvalue weighted by molar-refractivity contribution is 5.89. The summed E-state index contributed by atoms with van der Waals surface area (Å²) < 4.78 is 0. The summed E-state index contributed by atoms with van der Waals surface area (Å²) in [6.07, 6.45) is 3.16. The third kappa shape index (κ3) is 3.67. The Hall–Kier alpha value is -2.11. The molecular weight excluding hydrogens is 246 g/mol. The van der Waals surface area contributed by atoms with E-state index in [0.29, 0.717) is 11.6 Å². The molecule has 0 spiro atoms. The summed E-state index contributed by atoms with van der Waals surface area (Å²) >= 11 is 0. The number of nitrogens with zero attached hydrogens (tertiary/aromatic N) is 1. The average Bonchev–Trinajstić information content (AvgIpc) is 2.75. The van der Waals surface area contributed by atoms with Crippen molar-refractivity contribution in [2.24, 2.45) is 5.92 Å². The van der Waals surface area contributed by atoms with E-state index in [1.807, 2.05) is 0 Å². The van der Waals surface area contributed by atoms with Crippen LogP contribution in [-0.2, 0) is 0 Å². The number of amides is 2. The van der Waals surface area contributed by atoms with Gasteiger partial charge in [0.1, 0.15) is 0 Å². The molecule has 6 heteroatoms. The highest BCUT2D eigenvalue weighted by atomic mass is 16.6. The molecule has 2 atom stereocenters. The number of carbonyl (C=O) groups is 1. The number of carbonyl (C=O) groups excluding carboxylic acids is 1. The van der Waals surface area contributed by atoms with E-state index in [-0.39, 0.29) is 17.8 Å². The maximum atomic E-state index is 11.7. The summed E-state index contributed by atoms with van der Waals surface area (Å²) in [4.78, 5) is 21.8. The molecule has 0 aliphatic heterocycles. The van der Waals surface area contributed by atoms with Crippen LogP contribution in [0.25, 0.3) is 0 Å². The number of nitro groups is 1. The van der Waals surface area contributed by atoms with Gasteiger partial charge < -0.3 is 10.6 Å². The smallest absolute Gasteiger partial charge is 0.319 e. The zero-order valence-corrected chi connectivity index (χ0v) is 10.8. The fourth-order valence-electron chi connectivity index (χ4n) is 2.36. The SMILES string of the molecule is CC1CCC(NC(=O)Nc2ccc([N+](=O)[O-])cc2)C1. The molecule has 2 rings (SSSR count). The summed E-state index contributed by atoms with van der Waals surface area (Å²) in [5, 5.41) is 16.1. The Morgan fingerprint density at radius 3 is 2.53 bits per heavy atom. The van der Waals surface area contributed by atoms with Crippen molar-refractivity contribution in [3.63, 3.8) is 0 Å². The predicted octanol–water partition coefficient (Wildman–Crippen LogP) is 2.90. The first-order valence-electron chi connectivity index (χ1n) is 6.36. The van der Waals surface area contributed by atoms with E-state index in [0.717, 1.165) is 19.3 Å². The number of anilines is 1. The Balaban J connectivity index is 1.86. The van der Waals surface area contributed by atoms with Gasteiger partial charge in [0.25, 0.3) is 5.69 Å². The molecular formula is C13H17N3O3. The number of rotatable bonds is 3. The van der Waals surface area contributed by atoms with Crippen molar-refractivity contribution < 1.29 is 9.72 Å². The molecule has 0 bridgehead atoms. The molecule has 2 amide bonds. The summed E-state index contributed by atoms with van der Waals surface area (Å²) in [5.74, 6) is 0.657. The summed E-state index contributed by atoms with van der Waals surface area (Å²) in [7, 11) is 0. The van der Waals surface area contributed by atoms with Crippen LogP contribution < -0.4 is 10.6 Å². The lowest BCUT2D eigenvalue weighted by Crippen LogP contribution is -2.36. The molecule has 1 fully saturated rings. The van der Waals surface area contributed by atoms with Gasteiger partial charge in [-0.2, -0.15) is 0 Å². The molecule has 0 aromatic heterocycles. The second-order valence-corrected chi connectivity index (χ2v) is 5.02. The van der Waals surface area contributed by atoms with Gasteiger partial charge in [-0.15, -0.1) is 0 Å². The molecule has 2 unspecified atom stereocenters. The number of benzene rings is 1. The van der Waals surface area contributed by atoms with Crippen LogP contribution in [0.2, 0.25) is 0 Å². The monoisotopic (exact) mass is 263 g/mol. The molecule has 1 aromatic rings. The molecule has 0 saturated heterocycles. The minimum Gasteiger partial charge on any atom is -0.335 e. The van der Waals surface area contributed by atoms with Crippen LogP contribution in [0.4, 0.5) is 16.2 Å². The topological polar surface area (TPSA) is 84.3 Å². The van der Waals surface area contributed by atoms with E-state index in [2.05, 4.69) is 17.6 Å². The van der Waals surface area contributed by atoms with E-state index < -0.39 is 4.92 Å². The van der Waals surface area contributed by atoms with E-state index in [9.17, 15) is 14.9 Å². The highest BCUT2D eigenvalue weighted by Gasteiger charge is 2.22. The van der Waals surface area contributed by atoms with E-state index in [4.69, 9.17) is 0 Å². The third-order valence-electron chi connectivity index (χ3n) is 3.37. The molecule has 1 saturated carbocycles. The molecule has 1 aliphatic rings.